The van der Waals surface area contributed by atoms with Gasteiger partial charge in [0.15, 0.2) is 0 Å². The number of nitrogens with one attached hydrogen (secondary N) is 2. The average molecular weight is 147 g/mol. The lowest BCUT2D eigenvalue weighted by molar-refractivity contribution is 0.729. The molecule has 0 amide bonds. The Kier molecular flexibility index (Phi) is 5.76. The zero-order valence-corrected chi connectivity index (χ0v) is 6.66. The molecule has 0 unspecified atom stereocenters. The highest BCUT2D eigenvalue weighted by Gasteiger charge is 2.05. The topological polar surface area (TPSA) is 39.1 Å². The second kappa shape index (κ2) is 5.91. The Morgan fingerprint density at radius 3 is 2.56 bits per heavy atom. The van der Waals surface area contributed by atoms with Crippen LogP contribution >= 0.6 is 12.1 Å². The first-order chi connectivity index (χ1) is 4.43. The Balaban J connectivity index is 0.000000291. The van der Waals surface area contributed by atoms with Gasteiger partial charge in [-0.1, -0.05) is 13.8 Å². The fourth-order valence-corrected chi connectivity index (χ4v) is 1.00. The van der Waals surface area contributed by atoms with Crippen LogP contribution in [0.15, 0.2) is 0 Å². The van der Waals surface area contributed by atoms with Crippen molar-refractivity contribution >= 4 is 18.5 Å². The van der Waals surface area contributed by atoms with Gasteiger partial charge in [0.1, 0.15) is 0 Å². The summed E-state index contributed by atoms with van der Waals surface area (Å²) < 4.78 is 4.85. The Hall–Kier alpha value is -0.220. The van der Waals surface area contributed by atoms with Gasteiger partial charge < -0.3 is 0 Å². The van der Waals surface area contributed by atoms with E-state index < -0.39 is 0 Å². The lowest BCUT2D eigenvalue weighted by Crippen LogP contribution is -2.07. The lowest BCUT2D eigenvalue weighted by atomic mass is 10.7. The molecule has 0 aliphatic carbocycles. The van der Waals surface area contributed by atoms with Crippen LogP contribution in [0.4, 0.5) is 0 Å². The highest BCUT2D eigenvalue weighted by atomic mass is 32.2. The fraction of sp³-hybridized carbons (Fsp3) is 0.800. The smallest absolute Gasteiger partial charge is 0.0927 e. The van der Waals surface area contributed by atoms with E-state index in [1.807, 2.05) is 18.2 Å². The van der Waals surface area contributed by atoms with Crippen molar-refractivity contribution in [2.75, 3.05) is 13.1 Å². The zero-order chi connectivity index (χ0) is 7.11. The van der Waals surface area contributed by atoms with Crippen LogP contribution in [0.5, 0.6) is 0 Å². The maximum Gasteiger partial charge on any atom is 0.0927 e. The van der Waals surface area contributed by atoms with Crippen LogP contribution in [0.2, 0.25) is 0 Å². The third kappa shape index (κ3) is 3.37. The monoisotopic (exact) mass is 147 g/mol. The van der Waals surface area contributed by atoms with Gasteiger partial charge in [0.25, 0.3) is 0 Å². The van der Waals surface area contributed by atoms with Crippen molar-refractivity contribution in [2.45, 2.75) is 13.8 Å². The average Bonchev–Trinajstić information content (AvgIpc) is 2.43. The molecule has 1 heterocycles. The van der Waals surface area contributed by atoms with Crippen LogP contribution in [0.25, 0.3) is 0 Å². The predicted molar refractivity (Wildman–Crippen MR) is 42.4 cm³/mol. The van der Waals surface area contributed by atoms with E-state index in [-0.39, 0.29) is 0 Å². The molecule has 1 aliphatic rings. The molecule has 0 aromatic rings. The largest absolute Gasteiger partial charge is 0.293 e. The highest BCUT2D eigenvalue weighted by Crippen LogP contribution is 2.05. The van der Waals surface area contributed by atoms with Gasteiger partial charge in [-0.3, -0.25) is 9.71 Å². The third-order valence-electron chi connectivity index (χ3n) is 0.760. The highest BCUT2D eigenvalue weighted by molar-refractivity contribution is 7.95. The van der Waals surface area contributed by atoms with Crippen LogP contribution in [0.3, 0.4) is 0 Å². The quantitative estimate of drug-likeness (QED) is 0.331. The summed E-state index contributed by atoms with van der Waals surface area (Å²) in [4.78, 5) is 0. The summed E-state index contributed by atoms with van der Waals surface area (Å²) in [6, 6.07) is 0. The Labute approximate surface area is 60.6 Å². The first kappa shape index (κ1) is 8.78. The molecular formula is C5H13N3S. The molecule has 4 heteroatoms. The molecule has 1 rings (SSSR count). The molecule has 3 nitrogen and oxygen atoms in total. The van der Waals surface area contributed by atoms with Crippen molar-refractivity contribution in [3.8, 4) is 0 Å². The van der Waals surface area contributed by atoms with E-state index >= 15 is 0 Å². The van der Waals surface area contributed by atoms with Crippen molar-refractivity contribution < 1.29 is 0 Å². The van der Waals surface area contributed by atoms with Gasteiger partial charge in [-0.05, 0) is 0 Å². The van der Waals surface area contributed by atoms with Gasteiger partial charge in [0.05, 0.1) is 6.34 Å². The van der Waals surface area contributed by atoms with Crippen molar-refractivity contribution in [2.24, 2.45) is 0 Å². The molecule has 0 radical (unpaired) electrons. The minimum Gasteiger partial charge on any atom is -0.293 e. The van der Waals surface area contributed by atoms with E-state index in [4.69, 9.17) is 5.41 Å². The SMILES string of the molecule is CC.N=CN1CCNS1. The van der Waals surface area contributed by atoms with E-state index in [2.05, 4.69) is 4.72 Å². The summed E-state index contributed by atoms with van der Waals surface area (Å²) in [5, 5.41) is 6.74. The molecule has 0 aromatic heterocycles. The molecule has 1 aliphatic heterocycles. The maximum atomic E-state index is 6.74. The second-order valence-corrected chi connectivity index (χ2v) is 2.20. The molecule has 1 fully saturated rings. The first-order valence-corrected chi connectivity index (χ1v) is 3.88. The van der Waals surface area contributed by atoms with E-state index in [1.54, 1.807) is 0 Å². The van der Waals surface area contributed by atoms with Gasteiger partial charge in [-0.25, -0.2) is 4.72 Å². The molecule has 2 N–H and O–H groups in total. The summed E-state index contributed by atoms with van der Waals surface area (Å²) in [7, 11) is 0. The predicted octanol–water partition coefficient (Wildman–Crippen LogP) is 1.09. The van der Waals surface area contributed by atoms with Crippen LogP contribution in [-0.4, -0.2) is 23.7 Å². The molecule has 1 saturated heterocycles. The number of hydrogen-bond donors (Lipinski definition) is 2. The van der Waals surface area contributed by atoms with Crippen molar-refractivity contribution in [3.05, 3.63) is 0 Å². The number of nitrogens with zero attached hydrogens (tertiary/aromatic N) is 1. The third-order valence-corrected chi connectivity index (χ3v) is 1.62. The molecule has 9 heavy (non-hydrogen) atoms. The summed E-state index contributed by atoms with van der Waals surface area (Å²) in [6.07, 6.45) is 1.32. The van der Waals surface area contributed by atoms with E-state index in [0.29, 0.717) is 0 Å². The van der Waals surface area contributed by atoms with Crippen LogP contribution in [0, 0.1) is 5.41 Å². The van der Waals surface area contributed by atoms with Gasteiger partial charge in [-0.15, -0.1) is 0 Å². The van der Waals surface area contributed by atoms with E-state index in [0.717, 1.165) is 13.1 Å². The first-order valence-electron chi connectivity index (χ1n) is 3.10. The van der Waals surface area contributed by atoms with Crippen LogP contribution in [-0.2, 0) is 0 Å². The minimum atomic E-state index is 0.953. The number of hydrogen-bond acceptors (Lipinski definition) is 3. The van der Waals surface area contributed by atoms with Crippen molar-refractivity contribution in [3.63, 3.8) is 0 Å². The Morgan fingerprint density at radius 2 is 2.33 bits per heavy atom. The summed E-state index contributed by atoms with van der Waals surface area (Å²) in [5.41, 5.74) is 0. The van der Waals surface area contributed by atoms with Crippen molar-refractivity contribution in [1.82, 2.24) is 9.03 Å². The van der Waals surface area contributed by atoms with Gasteiger partial charge in [0.2, 0.25) is 0 Å². The number of rotatable bonds is 1. The second-order valence-electron chi connectivity index (χ2n) is 1.26. The molecule has 54 valence electrons. The fourth-order valence-electron chi connectivity index (χ4n) is 0.421. The molecule has 0 spiro atoms. The molecule has 0 saturated carbocycles. The maximum absolute atomic E-state index is 6.74. The standard InChI is InChI=1S/C3H7N3S.C2H6/c4-3-6-2-1-5-7-6;1-2/h3-5H,1-2H2;1-2H3. The minimum absolute atomic E-state index is 0.953. The van der Waals surface area contributed by atoms with Gasteiger partial charge >= 0.3 is 0 Å². The van der Waals surface area contributed by atoms with Gasteiger partial charge in [-0.2, -0.15) is 0 Å². The zero-order valence-electron chi connectivity index (χ0n) is 5.85. The Bertz CT molecular complexity index is 70.6. The van der Waals surface area contributed by atoms with Gasteiger partial charge in [0, 0.05) is 25.2 Å². The van der Waals surface area contributed by atoms with E-state index in [1.165, 1.54) is 18.5 Å². The van der Waals surface area contributed by atoms with Crippen LogP contribution in [0.1, 0.15) is 13.8 Å². The van der Waals surface area contributed by atoms with Crippen molar-refractivity contribution in [1.29, 1.82) is 5.41 Å². The molecule has 0 bridgehead atoms. The lowest BCUT2D eigenvalue weighted by Gasteiger charge is -2.01. The molecular weight excluding hydrogens is 134 g/mol. The normalized spacial score (nSPS) is 16.4. The summed E-state index contributed by atoms with van der Waals surface area (Å²) in [6.45, 7) is 5.94. The summed E-state index contributed by atoms with van der Waals surface area (Å²) >= 11 is 1.48. The molecule has 0 atom stereocenters. The molecule has 0 aromatic carbocycles. The van der Waals surface area contributed by atoms with E-state index in [9.17, 15) is 0 Å². The Morgan fingerprint density at radius 1 is 1.67 bits per heavy atom. The summed E-state index contributed by atoms with van der Waals surface area (Å²) in [5.74, 6) is 0. The van der Waals surface area contributed by atoms with Crippen LogP contribution < -0.4 is 4.72 Å².